The summed E-state index contributed by atoms with van der Waals surface area (Å²) in [6.07, 6.45) is 3.46. The molecule has 322 valence electrons. The van der Waals surface area contributed by atoms with Crippen LogP contribution in [0.3, 0.4) is 0 Å². The van der Waals surface area contributed by atoms with Gasteiger partial charge < -0.3 is 19.7 Å². The van der Waals surface area contributed by atoms with Crippen LogP contribution in [0.5, 0.6) is 0 Å². The summed E-state index contributed by atoms with van der Waals surface area (Å²) in [5.74, 6) is -0.916. The second-order valence-corrected chi connectivity index (χ2v) is 20.3. The number of hydrogen-bond donors (Lipinski definition) is 1. The largest absolute Gasteiger partial charge is 0.358 e. The minimum atomic E-state index is -0.685. The molecule has 4 aliphatic heterocycles. The van der Waals surface area contributed by atoms with Crippen LogP contribution in [0.25, 0.3) is 21.7 Å². The molecule has 5 aliphatic rings. The molecule has 3 aromatic carbocycles. The summed E-state index contributed by atoms with van der Waals surface area (Å²) in [5.41, 5.74) is 2.98. The molecular weight excluding hydrogens is 791 g/mol. The number of nitrogens with one attached hydrogen (secondary N) is 1. The van der Waals surface area contributed by atoms with E-state index in [4.69, 9.17) is 10.2 Å². The Labute approximate surface area is 358 Å². The van der Waals surface area contributed by atoms with Crippen LogP contribution in [-0.2, 0) is 23.2 Å². The zero-order chi connectivity index (χ0) is 43.8. The molecule has 14 heteroatoms. The van der Waals surface area contributed by atoms with Crippen LogP contribution in [0, 0.1) is 17.6 Å². The highest BCUT2D eigenvalue weighted by atomic mass is 19.1. The molecule has 10 rings (SSSR count). The monoisotopic (exact) mass is 842 g/mol. The van der Waals surface area contributed by atoms with Crippen molar-refractivity contribution in [3.05, 3.63) is 110 Å². The molecule has 1 unspecified atom stereocenters. The average Bonchev–Trinajstić information content (AvgIpc) is 3.94. The van der Waals surface area contributed by atoms with Crippen LogP contribution in [0.15, 0.2) is 58.4 Å². The van der Waals surface area contributed by atoms with E-state index in [0.29, 0.717) is 83.5 Å². The van der Waals surface area contributed by atoms with Gasteiger partial charge in [-0.1, -0.05) is 12.1 Å². The Morgan fingerprint density at radius 1 is 0.887 bits per heavy atom. The molecular formula is C48H52F2N8O4. The molecule has 2 atom stereocenters. The number of rotatable bonds is 5. The van der Waals surface area contributed by atoms with Gasteiger partial charge in [0.1, 0.15) is 11.6 Å². The third-order valence-corrected chi connectivity index (χ3v) is 13.5. The number of aromatic nitrogens is 3. The lowest BCUT2D eigenvalue weighted by molar-refractivity contribution is -0.134. The Balaban J connectivity index is 0.998. The molecule has 3 fully saturated rings. The molecule has 1 N–H and O–H groups in total. The fraction of sp³-hybridized carbons (Fsp3) is 0.458. The fourth-order valence-corrected chi connectivity index (χ4v) is 10.2. The molecule has 62 heavy (non-hydrogen) atoms. The highest BCUT2D eigenvalue weighted by Crippen LogP contribution is 2.48. The maximum Gasteiger partial charge on any atom is 0.275 e. The fourth-order valence-electron chi connectivity index (χ4n) is 10.2. The molecule has 1 saturated carbocycles. The molecule has 0 bridgehead atoms. The summed E-state index contributed by atoms with van der Waals surface area (Å²) in [7, 11) is 0. The van der Waals surface area contributed by atoms with E-state index in [-0.39, 0.29) is 41.2 Å². The number of hydrogen-bond acceptors (Lipinski definition) is 7. The first-order valence-electron chi connectivity index (χ1n) is 21.8. The Kier molecular flexibility index (Phi) is 8.93. The summed E-state index contributed by atoms with van der Waals surface area (Å²) in [6.45, 7) is 15.9. The number of halogens is 2. The summed E-state index contributed by atoms with van der Waals surface area (Å²) >= 11 is 0. The van der Waals surface area contributed by atoms with Crippen molar-refractivity contribution in [3.8, 4) is 0 Å². The van der Waals surface area contributed by atoms with E-state index in [2.05, 4.69) is 22.9 Å². The summed E-state index contributed by atoms with van der Waals surface area (Å²) < 4.78 is 32.0. The van der Waals surface area contributed by atoms with Gasteiger partial charge in [-0.25, -0.2) is 18.5 Å². The van der Waals surface area contributed by atoms with Crippen molar-refractivity contribution in [1.29, 1.82) is 0 Å². The zero-order valence-electron chi connectivity index (χ0n) is 36.4. The highest BCUT2D eigenvalue weighted by Gasteiger charge is 2.51. The number of carbonyl (C=O) groups excluding carboxylic acids is 3. The minimum Gasteiger partial charge on any atom is -0.358 e. The van der Waals surface area contributed by atoms with E-state index in [0.717, 1.165) is 36.1 Å². The first-order valence-corrected chi connectivity index (χ1v) is 21.8. The van der Waals surface area contributed by atoms with E-state index in [9.17, 15) is 23.6 Å². The standard InChI is InChI=1S/C48H52F2N8O4/c1-46(2,3)57-44(61)31-12-11-28(20-32(31)36(52-57)19-26-8-13-35(50)33(18-26)43(60)55-16-14-54(15-17-55)42(59)27-9-10-27)29-23-48(7)24-38-40-39-34(21-30(49)22-37(39)51-38)45(62)58(47(4,5)6)53-41(40)56(48)25-29/h8,11-13,18,20-22,27,29,51H,9-10,14-17,19,23-25H2,1-7H3/t29?,48-/m1/s1. The Hall–Kier alpha value is -5.92. The van der Waals surface area contributed by atoms with Gasteiger partial charge in [0.15, 0.2) is 5.84 Å². The van der Waals surface area contributed by atoms with Gasteiger partial charge in [0, 0.05) is 85.0 Å². The summed E-state index contributed by atoms with van der Waals surface area (Å²) in [4.78, 5) is 63.8. The third-order valence-electron chi connectivity index (χ3n) is 13.5. The predicted molar refractivity (Wildman–Crippen MR) is 232 cm³/mol. The number of fused-ring (bicyclic) bond motifs is 3. The number of H-pyrrole nitrogens is 1. The first kappa shape index (κ1) is 40.2. The average molecular weight is 843 g/mol. The number of carbonyl (C=O) groups is 3. The molecule has 0 spiro atoms. The number of aromatic amines is 1. The zero-order valence-corrected chi connectivity index (χ0v) is 36.4. The lowest BCUT2D eigenvalue weighted by Crippen LogP contribution is -2.52. The van der Waals surface area contributed by atoms with Crippen molar-refractivity contribution in [3.63, 3.8) is 0 Å². The second kappa shape index (κ2) is 13.8. The van der Waals surface area contributed by atoms with Crippen molar-refractivity contribution in [2.75, 3.05) is 32.7 Å². The molecule has 12 nitrogen and oxygen atoms in total. The normalized spacial score (nSPS) is 21.5. The van der Waals surface area contributed by atoms with Crippen molar-refractivity contribution >= 4 is 45.2 Å². The van der Waals surface area contributed by atoms with Gasteiger partial charge in [-0.15, -0.1) is 0 Å². The van der Waals surface area contributed by atoms with E-state index in [1.807, 2.05) is 58.6 Å². The quantitative estimate of drug-likeness (QED) is 0.205. The lowest BCUT2D eigenvalue weighted by atomic mass is 9.83. The van der Waals surface area contributed by atoms with E-state index >= 15 is 4.39 Å². The number of nitrogens with zero attached hydrogens (tertiary/aromatic N) is 7. The van der Waals surface area contributed by atoms with Gasteiger partial charge in [0.05, 0.1) is 38.8 Å². The van der Waals surface area contributed by atoms with Crippen LogP contribution in [0.2, 0.25) is 0 Å². The van der Waals surface area contributed by atoms with Crippen LogP contribution in [-0.4, -0.2) is 102 Å². The van der Waals surface area contributed by atoms with Gasteiger partial charge >= 0.3 is 0 Å². The van der Waals surface area contributed by atoms with Gasteiger partial charge in [0.2, 0.25) is 5.91 Å². The molecule has 2 aromatic heterocycles. The van der Waals surface area contributed by atoms with Gasteiger partial charge in [-0.2, -0.15) is 10.2 Å². The number of piperazine rings is 1. The molecule has 2 saturated heterocycles. The number of amides is 3. The van der Waals surface area contributed by atoms with Gasteiger partial charge in [-0.3, -0.25) is 19.2 Å². The first-order chi connectivity index (χ1) is 29.3. The second-order valence-electron chi connectivity index (χ2n) is 20.3. The number of amidine groups is 1. The smallest absolute Gasteiger partial charge is 0.275 e. The van der Waals surface area contributed by atoms with Crippen LogP contribution >= 0.6 is 0 Å². The summed E-state index contributed by atoms with van der Waals surface area (Å²) in [5, 5.41) is 13.5. The third kappa shape index (κ3) is 6.50. The Bertz CT molecular complexity index is 2860. The van der Waals surface area contributed by atoms with Gasteiger partial charge in [0.25, 0.3) is 17.4 Å². The maximum absolute atomic E-state index is 15.5. The molecule has 6 heterocycles. The lowest BCUT2D eigenvalue weighted by Gasteiger charge is -2.42. The van der Waals surface area contributed by atoms with Crippen molar-refractivity contribution in [1.82, 2.24) is 34.5 Å². The van der Waals surface area contributed by atoms with Crippen LogP contribution in [0.1, 0.15) is 122 Å². The van der Waals surface area contributed by atoms with Crippen LogP contribution < -0.4 is 5.56 Å². The SMILES string of the molecule is CC(C)(C)N1N=C2c3c([nH]c4cc(F)cc(c34)C1=O)C[C@@]1(C)CC(c3ccc4c(=O)n(C(C)(C)C)nc(Cc5ccc(F)c(C(=O)N6CCN(C(=O)C7CC7)CC6)c5)c4c3)CN21. The minimum absolute atomic E-state index is 0.00862. The summed E-state index contributed by atoms with van der Waals surface area (Å²) in [6, 6.07) is 13.3. The van der Waals surface area contributed by atoms with Crippen molar-refractivity contribution in [2.24, 2.45) is 11.0 Å². The Morgan fingerprint density at radius 2 is 1.61 bits per heavy atom. The maximum atomic E-state index is 15.5. The van der Waals surface area contributed by atoms with Crippen LogP contribution in [0.4, 0.5) is 8.78 Å². The van der Waals surface area contributed by atoms with Crippen molar-refractivity contribution in [2.45, 2.75) is 103 Å². The topological polar surface area (TPSA) is 127 Å². The predicted octanol–water partition coefficient (Wildman–Crippen LogP) is 6.92. The van der Waals surface area contributed by atoms with E-state index in [1.54, 1.807) is 17.0 Å². The number of hydrazone groups is 1. The highest BCUT2D eigenvalue weighted by molar-refractivity contribution is 6.20. The van der Waals surface area contributed by atoms with E-state index < -0.39 is 34.2 Å². The van der Waals surface area contributed by atoms with E-state index in [1.165, 1.54) is 27.9 Å². The number of benzene rings is 3. The molecule has 3 amide bonds. The molecule has 1 aliphatic carbocycles. The van der Waals surface area contributed by atoms with Crippen molar-refractivity contribution < 1.29 is 23.2 Å². The molecule has 5 aromatic rings. The Morgan fingerprint density at radius 3 is 2.31 bits per heavy atom. The molecule has 0 radical (unpaired) electrons. The van der Waals surface area contributed by atoms with Gasteiger partial charge in [-0.05, 0) is 115 Å².